The molecule has 16 heavy (non-hydrogen) atoms. The fourth-order valence-corrected chi connectivity index (χ4v) is 2.60. The molecule has 0 saturated carbocycles. The highest BCUT2D eigenvalue weighted by atomic mass is 32.2. The molecular weight excluding hydrogens is 250 g/mol. The summed E-state index contributed by atoms with van der Waals surface area (Å²) in [6.45, 7) is 1.31. The Hall–Kier alpha value is -0.690. The Balaban J connectivity index is 2.11. The van der Waals surface area contributed by atoms with Crippen molar-refractivity contribution in [2.75, 3.05) is 11.5 Å². The molecule has 0 spiro atoms. The number of carbonyl (C=O) groups excluding carboxylic acids is 3. The number of carbonyl (C=O) groups is 3. The lowest BCUT2D eigenvalue weighted by Gasteiger charge is -2.09. The molecule has 0 aromatic rings. The number of hydrogen-bond acceptors (Lipinski definition) is 6. The summed E-state index contributed by atoms with van der Waals surface area (Å²) < 4.78 is 4.61. The Morgan fingerprint density at radius 2 is 2.38 bits per heavy atom. The third kappa shape index (κ3) is 4.89. The molecule has 1 fully saturated rings. The second-order valence-corrected chi connectivity index (χ2v) is 5.13. The van der Waals surface area contributed by atoms with Gasteiger partial charge >= 0.3 is 5.97 Å². The van der Waals surface area contributed by atoms with Gasteiger partial charge in [0.15, 0.2) is 0 Å². The molecule has 1 atom stereocenters. The van der Waals surface area contributed by atoms with Crippen LogP contribution in [0.3, 0.4) is 0 Å². The van der Waals surface area contributed by atoms with Gasteiger partial charge in [0, 0.05) is 24.9 Å². The lowest BCUT2D eigenvalue weighted by atomic mass is 10.2. The van der Waals surface area contributed by atoms with E-state index >= 15 is 0 Å². The van der Waals surface area contributed by atoms with Gasteiger partial charge in [0.2, 0.25) is 11.0 Å². The van der Waals surface area contributed by atoms with Crippen LogP contribution >= 0.6 is 23.8 Å². The predicted octanol–water partition coefficient (Wildman–Crippen LogP) is 0.736. The van der Waals surface area contributed by atoms with Crippen LogP contribution in [-0.2, 0) is 18.6 Å². The molecule has 0 aliphatic carbocycles. The second kappa shape index (κ2) is 6.80. The normalized spacial score (nSPS) is 19.6. The number of amides is 1. The maximum Gasteiger partial charge on any atom is 0.314 e. The molecule has 0 radical (unpaired) electrons. The highest BCUT2D eigenvalue weighted by Gasteiger charge is 2.26. The Morgan fingerprint density at radius 3 is 2.94 bits per heavy atom. The summed E-state index contributed by atoms with van der Waals surface area (Å²) in [6, 6.07) is -0.337. The summed E-state index contributed by atoms with van der Waals surface area (Å²) in [5.74, 6) is 0.610. The molecule has 1 saturated heterocycles. The van der Waals surface area contributed by atoms with Crippen molar-refractivity contribution in [2.45, 2.75) is 25.8 Å². The molecule has 1 rings (SSSR count). The van der Waals surface area contributed by atoms with Gasteiger partial charge in [0.1, 0.15) is 0 Å². The van der Waals surface area contributed by atoms with Crippen LogP contribution in [0.2, 0.25) is 0 Å². The van der Waals surface area contributed by atoms with Gasteiger partial charge in [-0.3, -0.25) is 14.4 Å². The van der Waals surface area contributed by atoms with E-state index in [2.05, 4.69) is 9.50 Å². The van der Waals surface area contributed by atoms with Crippen LogP contribution < -0.4 is 5.32 Å². The first kappa shape index (κ1) is 13.4. The average Bonchev–Trinajstić information content (AvgIpc) is 2.59. The van der Waals surface area contributed by atoms with Crippen molar-refractivity contribution in [1.82, 2.24) is 5.32 Å². The maximum absolute atomic E-state index is 11.4. The predicted molar refractivity (Wildman–Crippen MR) is 62.9 cm³/mol. The van der Waals surface area contributed by atoms with Gasteiger partial charge in [-0.05, 0) is 6.42 Å². The van der Waals surface area contributed by atoms with Crippen molar-refractivity contribution in [3.63, 3.8) is 0 Å². The molecule has 1 aliphatic rings. The molecule has 5 nitrogen and oxygen atoms in total. The summed E-state index contributed by atoms with van der Waals surface area (Å²) >= 11 is 2.20. The minimum Gasteiger partial charge on any atom is -0.392 e. The van der Waals surface area contributed by atoms with Gasteiger partial charge in [-0.25, -0.2) is 0 Å². The third-order valence-corrected chi connectivity index (χ3v) is 3.59. The van der Waals surface area contributed by atoms with Crippen LogP contribution in [0.4, 0.5) is 0 Å². The third-order valence-electron chi connectivity index (χ3n) is 1.86. The Kier molecular flexibility index (Phi) is 5.68. The lowest BCUT2D eigenvalue weighted by Crippen LogP contribution is -2.37. The number of nitrogens with one attached hydrogen (secondary N) is 1. The summed E-state index contributed by atoms with van der Waals surface area (Å²) in [5.41, 5.74) is 0. The lowest BCUT2D eigenvalue weighted by molar-refractivity contribution is -0.130. The summed E-state index contributed by atoms with van der Waals surface area (Å²) in [7, 11) is 0. The van der Waals surface area contributed by atoms with E-state index in [-0.39, 0.29) is 29.5 Å². The van der Waals surface area contributed by atoms with Gasteiger partial charge < -0.3 is 9.50 Å². The molecule has 0 bridgehead atoms. The zero-order chi connectivity index (χ0) is 12.0. The number of hydrogen-bond donors (Lipinski definition) is 1. The zero-order valence-corrected chi connectivity index (χ0v) is 10.5. The summed E-state index contributed by atoms with van der Waals surface area (Å²) in [6.07, 6.45) is 0.943. The van der Waals surface area contributed by atoms with Crippen molar-refractivity contribution in [1.29, 1.82) is 0 Å². The molecule has 1 unspecified atom stereocenters. The Bertz CT molecular complexity index is 295. The van der Waals surface area contributed by atoms with E-state index < -0.39 is 0 Å². The minimum absolute atomic E-state index is 0.0287. The standard InChI is InChI=1S/C9H13NO4S2/c1-6(11)14-16-5-3-8(12)10-7-2-4-15-9(7)13/h7H,2-5H2,1H3,(H,10,12). The van der Waals surface area contributed by atoms with Crippen LogP contribution in [0.1, 0.15) is 19.8 Å². The van der Waals surface area contributed by atoms with Crippen LogP contribution in [0, 0.1) is 0 Å². The SMILES string of the molecule is CC(=O)OSCCC(=O)NC1CCSC1=O. The first-order valence-electron chi connectivity index (χ1n) is 4.85. The monoisotopic (exact) mass is 263 g/mol. The number of rotatable bonds is 5. The first-order valence-corrected chi connectivity index (χ1v) is 6.75. The Morgan fingerprint density at radius 1 is 1.62 bits per heavy atom. The van der Waals surface area contributed by atoms with Crippen molar-refractivity contribution in [2.24, 2.45) is 0 Å². The number of thioether (sulfide) groups is 1. The van der Waals surface area contributed by atoms with E-state index in [1.807, 2.05) is 0 Å². The highest BCUT2D eigenvalue weighted by Crippen LogP contribution is 2.19. The second-order valence-electron chi connectivity index (χ2n) is 3.22. The maximum atomic E-state index is 11.4. The fraction of sp³-hybridized carbons (Fsp3) is 0.667. The molecule has 1 aliphatic heterocycles. The first-order chi connectivity index (χ1) is 7.59. The van der Waals surface area contributed by atoms with Crippen molar-refractivity contribution < 1.29 is 18.6 Å². The van der Waals surface area contributed by atoms with E-state index in [4.69, 9.17) is 0 Å². The van der Waals surface area contributed by atoms with Crippen LogP contribution in [0.15, 0.2) is 0 Å². The molecule has 0 aromatic carbocycles. The van der Waals surface area contributed by atoms with E-state index in [0.29, 0.717) is 12.2 Å². The summed E-state index contributed by atoms with van der Waals surface area (Å²) in [5, 5.41) is 2.68. The van der Waals surface area contributed by atoms with Gasteiger partial charge in [-0.2, -0.15) is 0 Å². The molecule has 0 aromatic heterocycles. The van der Waals surface area contributed by atoms with Crippen LogP contribution in [0.25, 0.3) is 0 Å². The topological polar surface area (TPSA) is 72.5 Å². The van der Waals surface area contributed by atoms with Gasteiger partial charge in [0.05, 0.1) is 18.1 Å². The highest BCUT2D eigenvalue weighted by molar-refractivity contribution is 8.14. The molecule has 7 heteroatoms. The van der Waals surface area contributed by atoms with E-state index in [9.17, 15) is 14.4 Å². The fourth-order valence-electron chi connectivity index (χ4n) is 1.15. The molecule has 1 heterocycles. The van der Waals surface area contributed by atoms with Gasteiger partial charge in [0.25, 0.3) is 0 Å². The molecule has 1 amide bonds. The zero-order valence-electron chi connectivity index (χ0n) is 8.86. The van der Waals surface area contributed by atoms with Crippen LogP contribution in [-0.4, -0.2) is 34.5 Å². The van der Waals surface area contributed by atoms with Crippen molar-refractivity contribution >= 4 is 40.8 Å². The molecule has 1 N–H and O–H groups in total. The smallest absolute Gasteiger partial charge is 0.314 e. The minimum atomic E-state index is -0.382. The molecule has 90 valence electrons. The van der Waals surface area contributed by atoms with Gasteiger partial charge in [-0.15, -0.1) is 0 Å². The van der Waals surface area contributed by atoms with E-state index in [1.54, 1.807) is 0 Å². The quantitative estimate of drug-likeness (QED) is 0.582. The Labute approximate surface area is 102 Å². The average molecular weight is 263 g/mol. The van der Waals surface area contributed by atoms with E-state index in [0.717, 1.165) is 17.8 Å². The largest absolute Gasteiger partial charge is 0.392 e. The van der Waals surface area contributed by atoms with E-state index in [1.165, 1.54) is 18.7 Å². The van der Waals surface area contributed by atoms with Gasteiger partial charge in [-0.1, -0.05) is 11.8 Å². The van der Waals surface area contributed by atoms with Crippen molar-refractivity contribution in [3.8, 4) is 0 Å². The molecular formula is C9H13NO4S2. The van der Waals surface area contributed by atoms with Crippen LogP contribution in [0.5, 0.6) is 0 Å². The van der Waals surface area contributed by atoms with Crippen molar-refractivity contribution in [3.05, 3.63) is 0 Å². The summed E-state index contributed by atoms with van der Waals surface area (Å²) in [4.78, 5) is 33.0.